The fourth-order valence-corrected chi connectivity index (χ4v) is 2.58. The molecule has 3 amide bonds. The molecule has 0 aliphatic carbocycles. The highest BCUT2D eigenvalue weighted by atomic mass is 16.4. The number of carbonyl (C=O) groups excluding carboxylic acids is 3. The molecular formula is C19H33N3O7. The van der Waals surface area contributed by atoms with Gasteiger partial charge in [-0.1, -0.05) is 26.2 Å². The van der Waals surface area contributed by atoms with Crippen LogP contribution in [0.15, 0.2) is 0 Å². The van der Waals surface area contributed by atoms with Crippen molar-refractivity contribution in [2.45, 2.75) is 83.2 Å². The Hall–Kier alpha value is -2.65. The van der Waals surface area contributed by atoms with Gasteiger partial charge >= 0.3 is 18.0 Å². The summed E-state index contributed by atoms with van der Waals surface area (Å²) in [7, 11) is 0. The maximum atomic E-state index is 11.8. The number of aliphatic carboxylic acids is 2. The van der Waals surface area contributed by atoms with Crippen molar-refractivity contribution >= 4 is 30.2 Å². The summed E-state index contributed by atoms with van der Waals surface area (Å²) in [6.45, 7) is 2.54. The maximum absolute atomic E-state index is 11.8. The topological polar surface area (TPSA) is 162 Å². The summed E-state index contributed by atoms with van der Waals surface area (Å²) in [6.07, 6.45) is 5.82. The molecule has 0 radical (unpaired) electrons. The Kier molecular flexibility index (Phi) is 14.8. The summed E-state index contributed by atoms with van der Waals surface area (Å²) in [6, 6.07) is -3.00. The second-order valence-electron chi connectivity index (χ2n) is 6.84. The molecule has 2 unspecified atom stereocenters. The largest absolute Gasteiger partial charge is 0.481 e. The molecular weight excluding hydrogens is 382 g/mol. The number of hydrogen-bond acceptors (Lipinski definition) is 5. The second kappa shape index (κ2) is 16.3. The molecule has 0 bridgehead atoms. The number of rotatable bonds is 17. The van der Waals surface area contributed by atoms with Gasteiger partial charge < -0.3 is 31.0 Å². The summed E-state index contributed by atoms with van der Waals surface area (Å²) in [5.41, 5.74) is 0. The average Bonchev–Trinajstić information content (AvgIpc) is 2.66. The molecule has 166 valence electrons. The first-order valence-electron chi connectivity index (χ1n) is 10.0. The predicted octanol–water partition coefficient (Wildman–Crippen LogP) is 1.43. The molecule has 0 rings (SSSR count). The van der Waals surface area contributed by atoms with Gasteiger partial charge in [-0.25, -0.2) is 9.59 Å². The van der Waals surface area contributed by atoms with Gasteiger partial charge in [-0.15, -0.1) is 0 Å². The monoisotopic (exact) mass is 415 g/mol. The van der Waals surface area contributed by atoms with Gasteiger partial charge in [0, 0.05) is 19.4 Å². The van der Waals surface area contributed by atoms with Crippen molar-refractivity contribution in [2.24, 2.45) is 0 Å². The Morgan fingerprint density at radius 1 is 0.897 bits per heavy atom. The molecule has 0 saturated heterocycles. The van der Waals surface area contributed by atoms with Crippen LogP contribution in [0.3, 0.4) is 0 Å². The Bertz CT molecular complexity index is 540. The van der Waals surface area contributed by atoms with Gasteiger partial charge in [-0.2, -0.15) is 0 Å². The number of hydrogen-bond donors (Lipinski definition) is 5. The van der Waals surface area contributed by atoms with Crippen LogP contribution in [-0.2, 0) is 19.2 Å². The van der Waals surface area contributed by atoms with E-state index in [0.29, 0.717) is 32.1 Å². The number of amides is 3. The summed E-state index contributed by atoms with van der Waals surface area (Å²) >= 11 is 0. The number of carboxylic acid groups (broad SMARTS) is 2. The van der Waals surface area contributed by atoms with E-state index in [2.05, 4.69) is 22.9 Å². The molecule has 2 atom stereocenters. The summed E-state index contributed by atoms with van der Waals surface area (Å²) in [5, 5.41) is 25.1. The first-order valence-corrected chi connectivity index (χ1v) is 10.0. The zero-order valence-electron chi connectivity index (χ0n) is 16.9. The molecule has 0 heterocycles. The highest BCUT2D eigenvalue weighted by Crippen LogP contribution is 2.04. The molecule has 0 aromatic heterocycles. The SMILES string of the molecule is CCCCCCC(=O)NCCCCC(NC(=O)NC(C=O)CCC(=O)O)C(=O)O. The van der Waals surface area contributed by atoms with Gasteiger partial charge in [-0.05, 0) is 32.1 Å². The van der Waals surface area contributed by atoms with Crippen molar-refractivity contribution in [3.8, 4) is 0 Å². The van der Waals surface area contributed by atoms with E-state index < -0.39 is 30.1 Å². The lowest BCUT2D eigenvalue weighted by Gasteiger charge is -2.17. The van der Waals surface area contributed by atoms with E-state index in [1.165, 1.54) is 0 Å². The van der Waals surface area contributed by atoms with Crippen LogP contribution < -0.4 is 16.0 Å². The van der Waals surface area contributed by atoms with Gasteiger partial charge in [0.25, 0.3) is 0 Å². The zero-order valence-corrected chi connectivity index (χ0v) is 16.9. The second-order valence-corrected chi connectivity index (χ2v) is 6.84. The third kappa shape index (κ3) is 15.0. The Morgan fingerprint density at radius 3 is 2.21 bits per heavy atom. The normalized spacial score (nSPS) is 12.4. The summed E-state index contributed by atoms with van der Waals surface area (Å²) in [4.78, 5) is 56.2. The number of aldehydes is 1. The van der Waals surface area contributed by atoms with Crippen LogP contribution in [0.2, 0.25) is 0 Å². The molecule has 0 saturated carbocycles. The van der Waals surface area contributed by atoms with Crippen LogP contribution >= 0.6 is 0 Å². The lowest BCUT2D eigenvalue weighted by atomic mass is 10.1. The number of carbonyl (C=O) groups is 5. The van der Waals surface area contributed by atoms with Crippen LogP contribution in [0.5, 0.6) is 0 Å². The molecule has 5 N–H and O–H groups in total. The first kappa shape index (κ1) is 26.4. The van der Waals surface area contributed by atoms with Crippen LogP contribution in [0.25, 0.3) is 0 Å². The van der Waals surface area contributed by atoms with Crippen molar-refractivity contribution in [3.63, 3.8) is 0 Å². The molecule has 0 aromatic carbocycles. The highest BCUT2D eigenvalue weighted by molar-refractivity contribution is 5.84. The number of urea groups is 1. The van der Waals surface area contributed by atoms with Gasteiger partial charge in [0.2, 0.25) is 5.91 Å². The van der Waals surface area contributed by atoms with Crippen molar-refractivity contribution in [1.29, 1.82) is 0 Å². The molecule has 0 spiro atoms. The van der Waals surface area contributed by atoms with Crippen molar-refractivity contribution in [2.75, 3.05) is 6.54 Å². The van der Waals surface area contributed by atoms with Crippen molar-refractivity contribution in [3.05, 3.63) is 0 Å². The zero-order chi connectivity index (χ0) is 22.1. The number of nitrogens with one attached hydrogen (secondary N) is 3. The number of carboxylic acids is 2. The lowest BCUT2D eigenvalue weighted by molar-refractivity contribution is -0.139. The minimum absolute atomic E-state index is 0.0188. The fourth-order valence-electron chi connectivity index (χ4n) is 2.58. The molecule has 29 heavy (non-hydrogen) atoms. The average molecular weight is 415 g/mol. The Balaban J connectivity index is 4.11. The molecule has 0 aromatic rings. The highest BCUT2D eigenvalue weighted by Gasteiger charge is 2.21. The minimum Gasteiger partial charge on any atom is -0.481 e. The van der Waals surface area contributed by atoms with Gasteiger partial charge in [0.1, 0.15) is 12.3 Å². The van der Waals surface area contributed by atoms with Gasteiger partial charge in [0.05, 0.1) is 6.04 Å². The van der Waals surface area contributed by atoms with Crippen LogP contribution in [-0.4, -0.2) is 59.0 Å². The summed E-state index contributed by atoms with van der Waals surface area (Å²) in [5.74, 6) is -2.33. The summed E-state index contributed by atoms with van der Waals surface area (Å²) < 4.78 is 0. The molecule has 0 aliphatic heterocycles. The smallest absolute Gasteiger partial charge is 0.326 e. The van der Waals surface area contributed by atoms with E-state index in [-0.39, 0.29) is 25.2 Å². The first-order chi connectivity index (χ1) is 13.8. The lowest BCUT2D eigenvalue weighted by Crippen LogP contribution is -2.49. The van der Waals surface area contributed by atoms with E-state index in [9.17, 15) is 29.1 Å². The van der Waals surface area contributed by atoms with Crippen LogP contribution in [0.4, 0.5) is 4.79 Å². The van der Waals surface area contributed by atoms with E-state index in [0.717, 1.165) is 25.7 Å². The Labute approximate surface area is 170 Å². The Morgan fingerprint density at radius 2 is 1.62 bits per heavy atom. The van der Waals surface area contributed by atoms with E-state index in [4.69, 9.17) is 5.11 Å². The van der Waals surface area contributed by atoms with Crippen LogP contribution in [0.1, 0.15) is 71.1 Å². The third-order valence-corrected chi connectivity index (χ3v) is 4.25. The van der Waals surface area contributed by atoms with Crippen LogP contribution in [0, 0.1) is 0 Å². The maximum Gasteiger partial charge on any atom is 0.326 e. The van der Waals surface area contributed by atoms with Gasteiger partial charge in [0.15, 0.2) is 0 Å². The van der Waals surface area contributed by atoms with E-state index in [1.54, 1.807) is 0 Å². The van der Waals surface area contributed by atoms with Gasteiger partial charge in [-0.3, -0.25) is 9.59 Å². The van der Waals surface area contributed by atoms with E-state index in [1.807, 2.05) is 0 Å². The van der Waals surface area contributed by atoms with Crippen molar-refractivity contribution in [1.82, 2.24) is 16.0 Å². The third-order valence-electron chi connectivity index (χ3n) is 4.25. The van der Waals surface area contributed by atoms with Crippen molar-refractivity contribution < 1.29 is 34.2 Å². The molecule has 10 nitrogen and oxygen atoms in total. The minimum atomic E-state index is -1.21. The molecule has 0 aliphatic rings. The standard InChI is InChI=1S/C19H33N3O7/c1-2-3-4-5-9-16(24)20-12-7-6-8-15(18(27)28)22-19(29)21-14(13-23)10-11-17(25)26/h13-15H,2-12H2,1H3,(H,20,24)(H,25,26)(H,27,28)(H2,21,22,29). The molecule has 0 fully saturated rings. The molecule has 10 heteroatoms. The predicted molar refractivity (Wildman–Crippen MR) is 105 cm³/mol. The number of unbranched alkanes of at least 4 members (excludes halogenated alkanes) is 4. The van der Waals surface area contributed by atoms with E-state index >= 15 is 0 Å². The quantitative estimate of drug-likeness (QED) is 0.177. The fraction of sp³-hybridized carbons (Fsp3) is 0.737.